The summed E-state index contributed by atoms with van der Waals surface area (Å²) < 4.78 is 0. The average Bonchev–Trinajstić information content (AvgIpc) is 3.25. The Balaban J connectivity index is 2.00. The van der Waals surface area contributed by atoms with E-state index in [4.69, 9.17) is 9.98 Å². The third-order valence-corrected chi connectivity index (χ3v) is 6.74. The Hall–Kier alpha value is -2.82. The van der Waals surface area contributed by atoms with Gasteiger partial charge in [0.25, 0.3) is 0 Å². The molecular formula is C26H24N2S2. The summed E-state index contributed by atoms with van der Waals surface area (Å²) in [6.45, 7) is 8.63. The van der Waals surface area contributed by atoms with Crippen LogP contribution in [-0.4, -0.2) is 11.4 Å². The summed E-state index contributed by atoms with van der Waals surface area (Å²) in [6, 6.07) is 24.8. The second kappa shape index (κ2) is 8.90. The number of thiophene rings is 2. The minimum atomic E-state index is 0.924. The van der Waals surface area contributed by atoms with Gasteiger partial charge in [0, 0.05) is 30.6 Å². The van der Waals surface area contributed by atoms with Gasteiger partial charge in [-0.2, -0.15) is 0 Å². The molecule has 0 bridgehead atoms. The van der Waals surface area contributed by atoms with E-state index in [0.29, 0.717) is 0 Å². The molecule has 0 saturated carbocycles. The molecule has 0 fully saturated rings. The SMILES string of the molecule is Cc1cc(C(=Nc2ccccc2)C(=Nc2ccccc2)c2cc(C)sc2C)c(C)s1. The van der Waals surface area contributed by atoms with Crippen molar-refractivity contribution in [1.82, 2.24) is 0 Å². The van der Waals surface area contributed by atoms with Crippen LogP contribution in [0.25, 0.3) is 0 Å². The van der Waals surface area contributed by atoms with Gasteiger partial charge in [-0.15, -0.1) is 22.7 Å². The Kier molecular flexibility index (Phi) is 6.07. The van der Waals surface area contributed by atoms with Gasteiger partial charge in [0.15, 0.2) is 0 Å². The van der Waals surface area contributed by atoms with Crippen molar-refractivity contribution < 1.29 is 0 Å². The second-order valence-electron chi connectivity index (χ2n) is 7.25. The Morgan fingerprint density at radius 2 is 0.933 bits per heavy atom. The van der Waals surface area contributed by atoms with E-state index < -0.39 is 0 Å². The molecule has 4 rings (SSSR count). The highest BCUT2D eigenvalue weighted by Gasteiger charge is 2.21. The molecule has 4 heteroatoms. The first-order valence-electron chi connectivity index (χ1n) is 9.94. The minimum absolute atomic E-state index is 0.924. The molecule has 0 amide bonds. The summed E-state index contributed by atoms with van der Waals surface area (Å²) in [5.41, 5.74) is 6.02. The lowest BCUT2D eigenvalue weighted by molar-refractivity contribution is 1.46. The van der Waals surface area contributed by atoms with Gasteiger partial charge >= 0.3 is 0 Å². The highest BCUT2D eigenvalue weighted by Crippen LogP contribution is 2.29. The summed E-state index contributed by atoms with van der Waals surface area (Å²) in [5.74, 6) is 0. The summed E-state index contributed by atoms with van der Waals surface area (Å²) in [5, 5.41) is 0. The molecule has 0 radical (unpaired) electrons. The summed E-state index contributed by atoms with van der Waals surface area (Å²) in [7, 11) is 0. The van der Waals surface area contributed by atoms with Crippen LogP contribution in [0.2, 0.25) is 0 Å². The lowest BCUT2D eigenvalue weighted by Gasteiger charge is -2.12. The van der Waals surface area contributed by atoms with Gasteiger partial charge < -0.3 is 0 Å². The average molecular weight is 429 g/mol. The Morgan fingerprint density at radius 3 is 1.23 bits per heavy atom. The molecule has 0 atom stereocenters. The fourth-order valence-corrected chi connectivity index (χ4v) is 5.33. The number of para-hydroxylation sites is 2. The topological polar surface area (TPSA) is 24.7 Å². The summed E-state index contributed by atoms with van der Waals surface area (Å²) in [6.07, 6.45) is 0. The van der Waals surface area contributed by atoms with Crippen LogP contribution < -0.4 is 0 Å². The fraction of sp³-hybridized carbons (Fsp3) is 0.154. The molecule has 2 aromatic heterocycles. The van der Waals surface area contributed by atoms with Crippen LogP contribution in [0, 0.1) is 27.7 Å². The van der Waals surface area contributed by atoms with Crippen LogP contribution in [-0.2, 0) is 0 Å². The highest BCUT2D eigenvalue weighted by atomic mass is 32.1. The Labute approximate surface area is 186 Å². The monoisotopic (exact) mass is 428 g/mol. The quantitative estimate of drug-likeness (QED) is 0.288. The van der Waals surface area contributed by atoms with E-state index in [1.807, 2.05) is 60.7 Å². The van der Waals surface area contributed by atoms with Gasteiger partial charge in [0.1, 0.15) is 0 Å². The van der Waals surface area contributed by atoms with E-state index in [0.717, 1.165) is 33.9 Å². The lowest BCUT2D eigenvalue weighted by Crippen LogP contribution is -2.17. The van der Waals surface area contributed by atoms with Gasteiger partial charge in [-0.1, -0.05) is 36.4 Å². The largest absolute Gasteiger partial charge is 0.246 e. The molecule has 150 valence electrons. The van der Waals surface area contributed by atoms with Crippen molar-refractivity contribution in [2.45, 2.75) is 27.7 Å². The maximum atomic E-state index is 5.12. The van der Waals surface area contributed by atoms with Crippen molar-refractivity contribution in [3.05, 3.63) is 103 Å². The van der Waals surface area contributed by atoms with Gasteiger partial charge in [0.2, 0.25) is 0 Å². The molecule has 2 aromatic carbocycles. The number of aliphatic imine (C=N–C) groups is 2. The van der Waals surface area contributed by atoms with E-state index >= 15 is 0 Å². The van der Waals surface area contributed by atoms with Crippen molar-refractivity contribution >= 4 is 45.5 Å². The van der Waals surface area contributed by atoms with Crippen molar-refractivity contribution in [2.75, 3.05) is 0 Å². The lowest BCUT2D eigenvalue weighted by atomic mass is 9.99. The zero-order valence-electron chi connectivity index (χ0n) is 17.6. The van der Waals surface area contributed by atoms with Crippen molar-refractivity contribution in [1.29, 1.82) is 0 Å². The molecule has 2 heterocycles. The van der Waals surface area contributed by atoms with Crippen molar-refractivity contribution in [3.8, 4) is 0 Å². The molecule has 0 N–H and O–H groups in total. The highest BCUT2D eigenvalue weighted by molar-refractivity contribution is 7.13. The van der Waals surface area contributed by atoms with Crippen LogP contribution >= 0.6 is 22.7 Å². The normalized spacial score (nSPS) is 12.4. The van der Waals surface area contributed by atoms with Crippen molar-refractivity contribution in [3.63, 3.8) is 0 Å². The smallest absolute Gasteiger partial charge is 0.0983 e. The van der Waals surface area contributed by atoms with Gasteiger partial charge in [-0.3, -0.25) is 0 Å². The summed E-state index contributed by atoms with van der Waals surface area (Å²) >= 11 is 3.61. The van der Waals surface area contributed by atoms with Crippen LogP contribution in [0.5, 0.6) is 0 Å². The molecule has 0 aliphatic carbocycles. The molecular weight excluding hydrogens is 404 g/mol. The van der Waals surface area contributed by atoms with Crippen LogP contribution in [0.4, 0.5) is 11.4 Å². The standard InChI is InChI=1S/C26H24N2S2/c1-17-15-23(19(3)29-17)25(27-21-11-7-5-8-12-21)26(24-16-18(2)30-20(24)4)28-22-13-9-6-10-14-22/h5-16H,1-4H3. The number of nitrogens with zero attached hydrogens (tertiary/aromatic N) is 2. The van der Waals surface area contributed by atoms with E-state index in [1.165, 1.54) is 19.5 Å². The van der Waals surface area contributed by atoms with E-state index in [9.17, 15) is 0 Å². The number of hydrogen-bond donors (Lipinski definition) is 0. The number of rotatable bonds is 5. The Morgan fingerprint density at radius 1 is 0.567 bits per heavy atom. The molecule has 2 nitrogen and oxygen atoms in total. The fourth-order valence-electron chi connectivity index (χ4n) is 3.48. The maximum absolute atomic E-state index is 5.12. The molecule has 4 aromatic rings. The van der Waals surface area contributed by atoms with E-state index in [-0.39, 0.29) is 0 Å². The third-order valence-electron chi connectivity index (χ3n) is 4.81. The number of aryl methyl sites for hydroxylation is 4. The summed E-state index contributed by atoms with van der Waals surface area (Å²) in [4.78, 5) is 15.3. The van der Waals surface area contributed by atoms with Gasteiger partial charge in [-0.25, -0.2) is 9.98 Å². The predicted octanol–water partition coefficient (Wildman–Crippen LogP) is 7.99. The van der Waals surface area contributed by atoms with Gasteiger partial charge in [0.05, 0.1) is 22.8 Å². The number of benzene rings is 2. The van der Waals surface area contributed by atoms with Crippen molar-refractivity contribution in [2.24, 2.45) is 9.98 Å². The van der Waals surface area contributed by atoms with E-state index in [1.54, 1.807) is 22.7 Å². The zero-order chi connectivity index (χ0) is 21.1. The Bertz CT molecular complexity index is 1110. The molecule has 0 spiro atoms. The molecule has 0 saturated heterocycles. The molecule has 0 aliphatic heterocycles. The first kappa shape index (κ1) is 20.5. The first-order valence-corrected chi connectivity index (χ1v) is 11.6. The second-order valence-corrected chi connectivity index (χ2v) is 10.2. The van der Waals surface area contributed by atoms with Crippen LogP contribution in [0.3, 0.4) is 0 Å². The van der Waals surface area contributed by atoms with Gasteiger partial charge in [-0.05, 0) is 64.1 Å². The molecule has 30 heavy (non-hydrogen) atoms. The third kappa shape index (κ3) is 4.50. The van der Waals surface area contributed by atoms with Crippen LogP contribution in [0.15, 0.2) is 82.8 Å². The van der Waals surface area contributed by atoms with E-state index in [2.05, 4.69) is 39.8 Å². The predicted molar refractivity (Wildman–Crippen MR) is 133 cm³/mol. The van der Waals surface area contributed by atoms with Crippen LogP contribution in [0.1, 0.15) is 30.6 Å². The molecule has 0 aliphatic rings. The minimum Gasteiger partial charge on any atom is -0.246 e. The maximum Gasteiger partial charge on any atom is 0.0983 e. The number of hydrogen-bond acceptors (Lipinski definition) is 4. The molecule has 0 unspecified atom stereocenters. The first-order chi connectivity index (χ1) is 14.5. The zero-order valence-corrected chi connectivity index (χ0v) is 19.3.